The van der Waals surface area contributed by atoms with Crippen molar-refractivity contribution < 1.29 is 14.6 Å². The summed E-state index contributed by atoms with van der Waals surface area (Å²) in [5.41, 5.74) is -0.647. The first-order valence-electron chi connectivity index (χ1n) is 7.40. The molecule has 2 aliphatic carbocycles. The smallest absolute Gasteiger partial charge is 0.308 e. The summed E-state index contributed by atoms with van der Waals surface area (Å²) in [6, 6.07) is 0.479. The van der Waals surface area contributed by atoms with Gasteiger partial charge in [-0.2, -0.15) is 0 Å². The summed E-state index contributed by atoms with van der Waals surface area (Å²) in [6.07, 6.45) is 9.31. The molecule has 108 valence electrons. The van der Waals surface area contributed by atoms with Gasteiger partial charge in [0.05, 0.1) is 18.1 Å². The molecule has 0 unspecified atom stereocenters. The number of nitrogens with one attached hydrogen (secondary N) is 1. The number of hydrogen-bond donors (Lipinski definition) is 2. The van der Waals surface area contributed by atoms with E-state index in [2.05, 4.69) is 17.5 Å². The van der Waals surface area contributed by atoms with Crippen LogP contribution in [-0.2, 0) is 9.53 Å². The average Bonchev–Trinajstić information content (AvgIpc) is 2.91. The molecule has 2 aliphatic rings. The molecule has 19 heavy (non-hydrogen) atoms. The first kappa shape index (κ1) is 14.5. The van der Waals surface area contributed by atoms with E-state index in [1.54, 1.807) is 0 Å². The van der Waals surface area contributed by atoms with Gasteiger partial charge in [-0.05, 0) is 45.4 Å². The topological polar surface area (TPSA) is 58.6 Å². The molecule has 0 amide bonds. The zero-order chi connectivity index (χ0) is 13.7. The number of carbonyl (C=O) groups is 1. The highest BCUT2D eigenvalue weighted by atomic mass is 16.5. The summed E-state index contributed by atoms with van der Waals surface area (Å²) in [6.45, 7) is 2.90. The highest BCUT2D eigenvalue weighted by molar-refractivity contribution is 5.72. The number of carbonyl (C=O) groups excluding carboxylic acids is 1. The fourth-order valence-electron chi connectivity index (χ4n) is 2.95. The van der Waals surface area contributed by atoms with Crippen LogP contribution < -0.4 is 5.32 Å². The van der Waals surface area contributed by atoms with Gasteiger partial charge in [-0.25, -0.2) is 0 Å². The number of esters is 1. The summed E-state index contributed by atoms with van der Waals surface area (Å²) in [7, 11) is 0. The molecule has 0 aromatic carbocycles. The zero-order valence-electron chi connectivity index (χ0n) is 11.7. The molecule has 0 heterocycles. The maximum Gasteiger partial charge on any atom is 0.308 e. The molecule has 0 aromatic rings. The Morgan fingerprint density at radius 2 is 2.00 bits per heavy atom. The standard InChI is InChI=1S/C15H25NO3/c1-2-19-14(17)12-7-9-15(18,10-8-12)11-16-13-5-3-4-6-13/h3-4,12-13,16,18H,2,5-11H2,1H3. The maximum absolute atomic E-state index is 11.6. The van der Waals surface area contributed by atoms with Crippen LogP contribution in [0.5, 0.6) is 0 Å². The van der Waals surface area contributed by atoms with Crippen LogP contribution in [0, 0.1) is 5.92 Å². The third-order valence-corrected chi connectivity index (χ3v) is 4.26. The first-order chi connectivity index (χ1) is 9.13. The molecule has 0 atom stereocenters. The van der Waals surface area contributed by atoms with Crippen LogP contribution in [0.2, 0.25) is 0 Å². The molecule has 1 fully saturated rings. The quantitative estimate of drug-likeness (QED) is 0.589. The molecule has 1 saturated carbocycles. The van der Waals surface area contributed by atoms with E-state index in [9.17, 15) is 9.90 Å². The molecule has 0 aromatic heterocycles. The van der Waals surface area contributed by atoms with Crippen molar-refractivity contribution >= 4 is 5.97 Å². The molecule has 0 spiro atoms. The monoisotopic (exact) mass is 267 g/mol. The third-order valence-electron chi connectivity index (χ3n) is 4.26. The SMILES string of the molecule is CCOC(=O)C1CCC(O)(CNC2CC=CC2)CC1. The van der Waals surface area contributed by atoms with Crippen LogP contribution in [0.4, 0.5) is 0 Å². The van der Waals surface area contributed by atoms with Gasteiger partial charge >= 0.3 is 5.97 Å². The second-order valence-electron chi connectivity index (χ2n) is 5.77. The minimum absolute atomic E-state index is 0.0200. The van der Waals surface area contributed by atoms with Crippen LogP contribution in [0.3, 0.4) is 0 Å². The number of hydrogen-bond acceptors (Lipinski definition) is 4. The predicted molar refractivity (Wildman–Crippen MR) is 73.7 cm³/mol. The second-order valence-corrected chi connectivity index (χ2v) is 5.77. The van der Waals surface area contributed by atoms with Gasteiger partial charge in [0.15, 0.2) is 0 Å². The number of aliphatic hydroxyl groups is 1. The van der Waals surface area contributed by atoms with Gasteiger partial charge in [-0.3, -0.25) is 4.79 Å². The van der Waals surface area contributed by atoms with E-state index in [1.807, 2.05) is 6.92 Å². The summed E-state index contributed by atoms with van der Waals surface area (Å²) in [5, 5.41) is 14.0. The van der Waals surface area contributed by atoms with E-state index >= 15 is 0 Å². The fraction of sp³-hybridized carbons (Fsp3) is 0.800. The Morgan fingerprint density at radius 3 is 2.58 bits per heavy atom. The summed E-state index contributed by atoms with van der Waals surface area (Å²) in [4.78, 5) is 11.6. The van der Waals surface area contributed by atoms with Gasteiger partial charge in [0.25, 0.3) is 0 Å². The predicted octanol–water partition coefficient (Wildman–Crippen LogP) is 1.78. The molecular formula is C15H25NO3. The Morgan fingerprint density at radius 1 is 1.37 bits per heavy atom. The molecule has 4 nitrogen and oxygen atoms in total. The highest BCUT2D eigenvalue weighted by Gasteiger charge is 2.36. The van der Waals surface area contributed by atoms with Crippen LogP contribution >= 0.6 is 0 Å². The van der Waals surface area contributed by atoms with Crippen molar-refractivity contribution in [3.8, 4) is 0 Å². The summed E-state index contributed by atoms with van der Waals surface area (Å²) < 4.78 is 5.05. The lowest BCUT2D eigenvalue weighted by Crippen LogP contribution is -2.47. The van der Waals surface area contributed by atoms with Crippen LogP contribution in [0.1, 0.15) is 45.4 Å². The Hall–Kier alpha value is -0.870. The Bertz CT molecular complexity index is 324. The van der Waals surface area contributed by atoms with Crippen molar-refractivity contribution in [1.29, 1.82) is 0 Å². The van der Waals surface area contributed by atoms with Crippen molar-refractivity contribution in [3.05, 3.63) is 12.2 Å². The van der Waals surface area contributed by atoms with E-state index in [1.165, 1.54) is 0 Å². The molecule has 2 rings (SSSR count). The Labute approximate surface area is 115 Å². The van der Waals surface area contributed by atoms with Gasteiger partial charge in [0, 0.05) is 12.6 Å². The molecular weight excluding hydrogens is 242 g/mol. The van der Waals surface area contributed by atoms with Crippen LogP contribution in [0.15, 0.2) is 12.2 Å². The van der Waals surface area contributed by atoms with E-state index in [0.29, 0.717) is 32.0 Å². The lowest BCUT2D eigenvalue weighted by Gasteiger charge is -2.36. The molecule has 0 aliphatic heterocycles. The van der Waals surface area contributed by atoms with Crippen molar-refractivity contribution in [2.75, 3.05) is 13.2 Å². The van der Waals surface area contributed by atoms with Crippen molar-refractivity contribution in [2.45, 2.75) is 57.1 Å². The van der Waals surface area contributed by atoms with E-state index in [-0.39, 0.29) is 11.9 Å². The second kappa shape index (κ2) is 6.53. The fourth-order valence-corrected chi connectivity index (χ4v) is 2.95. The molecule has 0 bridgehead atoms. The highest BCUT2D eigenvalue weighted by Crippen LogP contribution is 2.32. The van der Waals surface area contributed by atoms with Crippen molar-refractivity contribution in [3.63, 3.8) is 0 Å². The van der Waals surface area contributed by atoms with Crippen molar-refractivity contribution in [2.24, 2.45) is 5.92 Å². The van der Waals surface area contributed by atoms with Gasteiger partial charge in [0.1, 0.15) is 0 Å². The number of rotatable bonds is 5. The van der Waals surface area contributed by atoms with Gasteiger partial charge in [-0.15, -0.1) is 0 Å². The zero-order valence-corrected chi connectivity index (χ0v) is 11.7. The minimum atomic E-state index is -0.647. The Balaban J connectivity index is 1.72. The van der Waals surface area contributed by atoms with Gasteiger partial charge in [-0.1, -0.05) is 12.2 Å². The molecule has 4 heteroatoms. The lowest BCUT2D eigenvalue weighted by atomic mass is 9.78. The molecule has 2 N–H and O–H groups in total. The van der Waals surface area contributed by atoms with Gasteiger partial charge < -0.3 is 15.2 Å². The molecule has 0 radical (unpaired) electrons. The lowest BCUT2D eigenvalue weighted by molar-refractivity contribution is -0.151. The summed E-state index contributed by atoms with van der Waals surface area (Å²) >= 11 is 0. The van der Waals surface area contributed by atoms with Gasteiger partial charge in [0.2, 0.25) is 0 Å². The van der Waals surface area contributed by atoms with Crippen LogP contribution in [0.25, 0.3) is 0 Å². The van der Waals surface area contributed by atoms with E-state index < -0.39 is 5.60 Å². The van der Waals surface area contributed by atoms with E-state index in [4.69, 9.17) is 4.74 Å². The summed E-state index contributed by atoms with van der Waals surface area (Å²) in [5.74, 6) is -0.120. The normalized spacial score (nSPS) is 31.6. The average molecular weight is 267 g/mol. The third kappa shape index (κ3) is 4.05. The Kier molecular flexibility index (Phi) is 4.99. The maximum atomic E-state index is 11.6. The first-order valence-corrected chi connectivity index (χ1v) is 7.40. The minimum Gasteiger partial charge on any atom is -0.466 e. The van der Waals surface area contributed by atoms with E-state index in [0.717, 1.165) is 25.7 Å². The van der Waals surface area contributed by atoms with Crippen LogP contribution in [-0.4, -0.2) is 35.9 Å². The molecule has 0 saturated heterocycles. The van der Waals surface area contributed by atoms with Crippen molar-refractivity contribution in [1.82, 2.24) is 5.32 Å². The largest absolute Gasteiger partial charge is 0.466 e. The number of ether oxygens (including phenoxy) is 1.